The van der Waals surface area contributed by atoms with Gasteiger partial charge < -0.3 is 5.32 Å². The second kappa shape index (κ2) is 5.65. The average molecular weight is 236 g/mol. The Bertz CT molecular complexity index is 341. The minimum atomic E-state index is 0.453. The highest BCUT2D eigenvalue weighted by molar-refractivity contribution is 5.01. The number of rotatable bonds is 6. The SMILES string of the molecule is CCCN(Cc1ccn(C(C)C)n1)C1CNC1. The first-order chi connectivity index (χ1) is 8.20. The van der Waals surface area contributed by atoms with Crippen LogP contribution in [0.1, 0.15) is 38.9 Å². The van der Waals surface area contributed by atoms with Crippen LogP contribution >= 0.6 is 0 Å². The average Bonchev–Trinajstić information content (AvgIpc) is 2.64. The lowest BCUT2D eigenvalue weighted by Gasteiger charge is -2.37. The van der Waals surface area contributed by atoms with E-state index in [9.17, 15) is 0 Å². The van der Waals surface area contributed by atoms with E-state index in [2.05, 4.69) is 48.3 Å². The monoisotopic (exact) mass is 236 g/mol. The third-order valence-electron chi connectivity index (χ3n) is 3.34. The molecule has 96 valence electrons. The fourth-order valence-electron chi connectivity index (χ4n) is 2.17. The number of hydrogen-bond donors (Lipinski definition) is 1. The van der Waals surface area contributed by atoms with Crippen molar-refractivity contribution < 1.29 is 0 Å². The molecule has 2 rings (SSSR count). The summed E-state index contributed by atoms with van der Waals surface area (Å²) in [7, 11) is 0. The van der Waals surface area contributed by atoms with Crippen LogP contribution in [0.3, 0.4) is 0 Å². The Balaban J connectivity index is 1.95. The van der Waals surface area contributed by atoms with Crippen LogP contribution in [0.15, 0.2) is 12.3 Å². The van der Waals surface area contributed by atoms with Crippen LogP contribution in [-0.4, -0.2) is 40.4 Å². The first-order valence-corrected chi connectivity index (χ1v) is 6.69. The van der Waals surface area contributed by atoms with Crippen molar-refractivity contribution in [2.75, 3.05) is 19.6 Å². The van der Waals surface area contributed by atoms with Gasteiger partial charge in [0.1, 0.15) is 0 Å². The van der Waals surface area contributed by atoms with E-state index in [1.165, 1.54) is 18.7 Å². The van der Waals surface area contributed by atoms with Gasteiger partial charge in [-0.05, 0) is 32.9 Å². The summed E-state index contributed by atoms with van der Waals surface area (Å²) < 4.78 is 2.04. The maximum absolute atomic E-state index is 4.63. The van der Waals surface area contributed by atoms with E-state index in [1.54, 1.807) is 0 Å². The van der Waals surface area contributed by atoms with Gasteiger partial charge in [-0.2, -0.15) is 5.10 Å². The molecule has 2 heterocycles. The fourth-order valence-corrected chi connectivity index (χ4v) is 2.17. The Morgan fingerprint density at radius 1 is 1.53 bits per heavy atom. The summed E-state index contributed by atoms with van der Waals surface area (Å²) in [5.74, 6) is 0. The van der Waals surface area contributed by atoms with Crippen molar-refractivity contribution in [2.24, 2.45) is 0 Å². The molecule has 0 unspecified atom stereocenters. The van der Waals surface area contributed by atoms with E-state index in [4.69, 9.17) is 0 Å². The van der Waals surface area contributed by atoms with Crippen LogP contribution in [0.2, 0.25) is 0 Å². The molecular formula is C13H24N4. The predicted octanol–water partition coefficient (Wildman–Crippen LogP) is 1.65. The molecule has 1 N–H and O–H groups in total. The number of aromatic nitrogens is 2. The number of nitrogens with one attached hydrogen (secondary N) is 1. The highest BCUT2D eigenvalue weighted by Crippen LogP contribution is 2.12. The minimum Gasteiger partial charge on any atom is -0.314 e. The molecule has 4 heteroatoms. The molecule has 0 atom stereocenters. The van der Waals surface area contributed by atoms with Gasteiger partial charge in [-0.1, -0.05) is 6.92 Å². The highest BCUT2D eigenvalue weighted by Gasteiger charge is 2.24. The van der Waals surface area contributed by atoms with Crippen LogP contribution in [0.5, 0.6) is 0 Å². The third kappa shape index (κ3) is 3.07. The van der Waals surface area contributed by atoms with Crippen molar-refractivity contribution >= 4 is 0 Å². The van der Waals surface area contributed by atoms with Crippen molar-refractivity contribution in [3.8, 4) is 0 Å². The third-order valence-corrected chi connectivity index (χ3v) is 3.34. The van der Waals surface area contributed by atoms with Gasteiger partial charge >= 0.3 is 0 Å². The van der Waals surface area contributed by atoms with E-state index in [-0.39, 0.29) is 0 Å². The molecule has 1 fully saturated rings. The lowest BCUT2D eigenvalue weighted by Crippen LogP contribution is -2.57. The Hall–Kier alpha value is -0.870. The molecule has 17 heavy (non-hydrogen) atoms. The van der Waals surface area contributed by atoms with Gasteiger partial charge in [0.15, 0.2) is 0 Å². The lowest BCUT2D eigenvalue weighted by molar-refractivity contribution is 0.136. The quantitative estimate of drug-likeness (QED) is 0.815. The second-order valence-corrected chi connectivity index (χ2v) is 5.16. The molecule has 1 aliphatic heterocycles. The largest absolute Gasteiger partial charge is 0.314 e. The Labute approximate surface area is 104 Å². The molecule has 0 saturated carbocycles. The molecular weight excluding hydrogens is 212 g/mol. The van der Waals surface area contributed by atoms with Crippen LogP contribution in [0.4, 0.5) is 0 Å². The molecule has 0 aromatic carbocycles. The van der Waals surface area contributed by atoms with Crippen molar-refractivity contribution in [3.05, 3.63) is 18.0 Å². The Morgan fingerprint density at radius 3 is 2.76 bits per heavy atom. The van der Waals surface area contributed by atoms with E-state index in [0.29, 0.717) is 12.1 Å². The molecule has 0 bridgehead atoms. The van der Waals surface area contributed by atoms with E-state index < -0.39 is 0 Å². The first-order valence-electron chi connectivity index (χ1n) is 6.69. The molecule has 0 amide bonds. The van der Waals surface area contributed by atoms with Crippen molar-refractivity contribution in [2.45, 2.75) is 45.8 Å². The maximum Gasteiger partial charge on any atom is 0.0765 e. The highest BCUT2D eigenvalue weighted by atomic mass is 15.3. The van der Waals surface area contributed by atoms with E-state index in [0.717, 1.165) is 19.6 Å². The van der Waals surface area contributed by atoms with Crippen molar-refractivity contribution in [3.63, 3.8) is 0 Å². The van der Waals surface area contributed by atoms with Crippen LogP contribution in [0, 0.1) is 0 Å². The van der Waals surface area contributed by atoms with Crippen molar-refractivity contribution in [1.82, 2.24) is 20.0 Å². The minimum absolute atomic E-state index is 0.453. The molecule has 0 radical (unpaired) electrons. The first kappa shape index (κ1) is 12.6. The Morgan fingerprint density at radius 2 is 2.29 bits per heavy atom. The molecule has 1 aromatic rings. The molecule has 1 aromatic heterocycles. The van der Waals surface area contributed by atoms with Gasteiger partial charge in [-0.3, -0.25) is 9.58 Å². The summed E-state index contributed by atoms with van der Waals surface area (Å²) in [6, 6.07) is 3.31. The van der Waals surface area contributed by atoms with Crippen LogP contribution in [0.25, 0.3) is 0 Å². The van der Waals surface area contributed by atoms with Gasteiger partial charge in [0, 0.05) is 37.9 Å². The summed E-state index contributed by atoms with van der Waals surface area (Å²) in [6.45, 7) is 11.0. The zero-order valence-electron chi connectivity index (χ0n) is 11.2. The van der Waals surface area contributed by atoms with Gasteiger partial charge in [-0.15, -0.1) is 0 Å². The lowest BCUT2D eigenvalue weighted by atomic mass is 10.1. The standard InChI is InChI=1S/C13H24N4/c1-4-6-16(13-8-14-9-13)10-12-5-7-17(15-12)11(2)3/h5,7,11,13-14H,4,6,8-10H2,1-3H3. The summed E-state index contributed by atoms with van der Waals surface area (Å²) in [4.78, 5) is 2.55. The zero-order valence-corrected chi connectivity index (χ0v) is 11.2. The number of hydrogen-bond acceptors (Lipinski definition) is 3. The molecule has 0 spiro atoms. The topological polar surface area (TPSA) is 33.1 Å². The van der Waals surface area contributed by atoms with Gasteiger partial charge in [0.05, 0.1) is 5.69 Å². The van der Waals surface area contributed by atoms with Gasteiger partial charge in [-0.25, -0.2) is 0 Å². The molecule has 0 aliphatic carbocycles. The molecule has 1 aliphatic rings. The molecule has 4 nitrogen and oxygen atoms in total. The van der Waals surface area contributed by atoms with Gasteiger partial charge in [0.25, 0.3) is 0 Å². The van der Waals surface area contributed by atoms with E-state index in [1.807, 2.05) is 4.68 Å². The van der Waals surface area contributed by atoms with Crippen LogP contribution in [-0.2, 0) is 6.54 Å². The number of nitrogens with zero attached hydrogens (tertiary/aromatic N) is 3. The zero-order chi connectivity index (χ0) is 12.3. The van der Waals surface area contributed by atoms with E-state index >= 15 is 0 Å². The second-order valence-electron chi connectivity index (χ2n) is 5.16. The van der Waals surface area contributed by atoms with Crippen molar-refractivity contribution in [1.29, 1.82) is 0 Å². The van der Waals surface area contributed by atoms with Crippen LogP contribution < -0.4 is 5.32 Å². The predicted molar refractivity (Wildman–Crippen MR) is 70.0 cm³/mol. The summed E-state index contributed by atoms with van der Waals surface area (Å²) in [5, 5.41) is 7.97. The summed E-state index contributed by atoms with van der Waals surface area (Å²) in [6.07, 6.45) is 3.30. The fraction of sp³-hybridized carbons (Fsp3) is 0.769. The smallest absolute Gasteiger partial charge is 0.0765 e. The summed E-state index contributed by atoms with van der Waals surface area (Å²) in [5.41, 5.74) is 1.19. The summed E-state index contributed by atoms with van der Waals surface area (Å²) >= 11 is 0. The van der Waals surface area contributed by atoms with Gasteiger partial charge in [0.2, 0.25) is 0 Å². The Kier molecular flexibility index (Phi) is 4.18. The maximum atomic E-state index is 4.63. The normalized spacial score (nSPS) is 16.8. The molecule has 1 saturated heterocycles.